The van der Waals surface area contributed by atoms with Crippen LogP contribution in [0.3, 0.4) is 0 Å². The van der Waals surface area contributed by atoms with Gasteiger partial charge >= 0.3 is 0 Å². The summed E-state index contributed by atoms with van der Waals surface area (Å²) >= 11 is 1.34. The standard InChI is InChI=1S/C25H24FN3O2S/c1-5-28-24(30)23(32-25(28)27-20-8-6-19(26)7-9-20)15-18-14-16(2)29(17(18)3)21-10-12-22(31-4)13-11-21/h6-15H,5H2,1-4H3/b23-15+,27-25?. The molecule has 1 aliphatic rings. The summed E-state index contributed by atoms with van der Waals surface area (Å²) < 4.78 is 20.6. The van der Waals surface area contributed by atoms with Crippen molar-refractivity contribution in [3.8, 4) is 11.4 Å². The predicted octanol–water partition coefficient (Wildman–Crippen LogP) is 5.87. The molecule has 5 nitrogen and oxygen atoms in total. The Kier molecular flexibility index (Phi) is 6.19. The lowest BCUT2D eigenvalue weighted by Gasteiger charge is -2.12. The van der Waals surface area contributed by atoms with E-state index in [0.717, 1.165) is 28.4 Å². The van der Waals surface area contributed by atoms with Crippen LogP contribution in [0, 0.1) is 19.7 Å². The second-order valence-corrected chi connectivity index (χ2v) is 8.40. The predicted molar refractivity (Wildman–Crippen MR) is 128 cm³/mol. The zero-order chi connectivity index (χ0) is 22.8. The number of halogens is 1. The van der Waals surface area contributed by atoms with Crippen LogP contribution in [-0.4, -0.2) is 34.2 Å². The van der Waals surface area contributed by atoms with Crippen LogP contribution in [0.4, 0.5) is 10.1 Å². The van der Waals surface area contributed by atoms with Gasteiger partial charge < -0.3 is 9.30 Å². The fourth-order valence-electron chi connectivity index (χ4n) is 3.70. The van der Waals surface area contributed by atoms with Crippen molar-refractivity contribution in [2.45, 2.75) is 20.8 Å². The van der Waals surface area contributed by atoms with Gasteiger partial charge in [-0.05, 0) is 98.8 Å². The monoisotopic (exact) mass is 449 g/mol. The molecule has 7 heteroatoms. The normalized spacial score (nSPS) is 16.4. The van der Waals surface area contributed by atoms with E-state index >= 15 is 0 Å². The molecule has 0 spiro atoms. The van der Waals surface area contributed by atoms with E-state index < -0.39 is 0 Å². The minimum atomic E-state index is -0.316. The molecule has 1 saturated heterocycles. The molecule has 2 aromatic carbocycles. The molecule has 1 fully saturated rings. The lowest BCUT2D eigenvalue weighted by Crippen LogP contribution is -2.28. The van der Waals surface area contributed by atoms with Crippen molar-refractivity contribution in [3.63, 3.8) is 0 Å². The molecule has 1 aromatic heterocycles. The lowest BCUT2D eigenvalue weighted by atomic mass is 10.2. The van der Waals surface area contributed by atoms with E-state index in [4.69, 9.17) is 4.74 Å². The summed E-state index contributed by atoms with van der Waals surface area (Å²) in [5.74, 6) is 0.413. The van der Waals surface area contributed by atoms with Crippen LogP contribution in [0.5, 0.6) is 5.75 Å². The van der Waals surface area contributed by atoms with E-state index in [-0.39, 0.29) is 11.7 Å². The van der Waals surface area contributed by atoms with E-state index in [0.29, 0.717) is 22.3 Å². The Morgan fingerprint density at radius 3 is 2.41 bits per heavy atom. The number of aromatic nitrogens is 1. The number of carbonyl (C=O) groups excluding carboxylic acids is 1. The highest BCUT2D eigenvalue weighted by atomic mass is 32.2. The number of amides is 1. The first-order chi connectivity index (χ1) is 15.4. The van der Waals surface area contributed by atoms with E-state index in [1.807, 2.05) is 51.1 Å². The number of aryl methyl sites for hydroxylation is 1. The Balaban J connectivity index is 1.67. The van der Waals surface area contributed by atoms with E-state index in [1.165, 1.54) is 23.9 Å². The summed E-state index contributed by atoms with van der Waals surface area (Å²) in [6.45, 7) is 6.51. The molecule has 4 rings (SSSR count). The molecule has 0 bridgehead atoms. The first kappa shape index (κ1) is 21.9. The fourth-order valence-corrected chi connectivity index (χ4v) is 4.75. The van der Waals surface area contributed by atoms with Crippen molar-refractivity contribution in [1.82, 2.24) is 9.47 Å². The molecule has 164 valence electrons. The quantitative estimate of drug-likeness (QED) is 0.458. The maximum Gasteiger partial charge on any atom is 0.266 e. The number of rotatable bonds is 5. The van der Waals surface area contributed by atoms with Gasteiger partial charge in [-0.25, -0.2) is 9.38 Å². The SMILES string of the molecule is CCN1C(=O)/C(=C\c2cc(C)n(-c3ccc(OC)cc3)c2C)SC1=Nc1ccc(F)cc1. The van der Waals surface area contributed by atoms with Gasteiger partial charge in [0.25, 0.3) is 5.91 Å². The van der Waals surface area contributed by atoms with Gasteiger partial charge in [-0.15, -0.1) is 0 Å². The summed E-state index contributed by atoms with van der Waals surface area (Å²) in [5, 5.41) is 0.597. The Morgan fingerprint density at radius 2 is 1.78 bits per heavy atom. The highest BCUT2D eigenvalue weighted by molar-refractivity contribution is 8.18. The van der Waals surface area contributed by atoms with Crippen LogP contribution in [0.25, 0.3) is 11.8 Å². The van der Waals surface area contributed by atoms with Gasteiger partial charge in [0, 0.05) is 23.6 Å². The molecular formula is C25H24FN3O2S. The Bertz CT molecular complexity index is 1210. The number of nitrogens with zero attached hydrogens (tertiary/aromatic N) is 3. The maximum atomic E-state index is 13.2. The number of carbonyl (C=O) groups is 1. The van der Waals surface area contributed by atoms with Crippen LogP contribution in [-0.2, 0) is 4.79 Å². The van der Waals surface area contributed by atoms with Crippen molar-refractivity contribution in [2.24, 2.45) is 4.99 Å². The number of ether oxygens (including phenoxy) is 1. The van der Waals surface area contributed by atoms with Gasteiger partial charge in [-0.3, -0.25) is 9.69 Å². The van der Waals surface area contributed by atoms with Gasteiger partial charge in [0.05, 0.1) is 17.7 Å². The fraction of sp³-hybridized carbons (Fsp3) is 0.200. The van der Waals surface area contributed by atoms with Gasteiger partial charge in [0.2, 0.25) is 0 Å². The number of hydrogen-bond acceptors (Lipinski definition) is 4. The van der Waals surface area contributed by atoms with Crippen LogP contribution >= 0.6 is 11.8 Å². The van der Waals surface area contributed by atoms with E-state index in [1.54, 1.807) is 24.1 Å². The maximum absolute atomic E-state index is 13.2. The van der Waals surface area contributed by atoms with Crippen LogP contribution in [0.1, 0.15) is 23.9 Å². The van der Waals surface area contributed by atoms with Crippen molar-refractivity contribution in [3.05, 3.63) is 82.3 Å². The molecular weight excluding hydrogens is 425 g/mol. The molecule has 0 aliphatic carbocycles. The smallest absolute Gasteiger partial charge is 0.266 e. The minimum Gasteiger partial charge on any atom is -0.497 e. The number of aliphatic imine (C=N–C) groups is 1. The highest BCUT2D eigenvalue weighted by Crippen LogP contribution is 2.35. The van der Waals surface area contributed by atoms with Crippen LogP contribution in [0.2, 0.25) is 0 Å². The summed E-state index contributed by atoms with van der Waals surface area (Å²) in [7, 11) is 1.65. The molecule has 0 N–H and O–H groups in total. The van der Waals surface area contributed by atoms with Crippen LogP contribution < -0.4 is 4.74 Å². The first-order valence-electron chi connectivity index (χ1n) is 10.3. The first-order valence-corrected chi connectivity index (χ1v) is 11.1. The van der Waals surface area contributed by atoms with E-state index in [9.17, 15) is 9.18 Å². The van der Waals surface area contributed by atoms with Crippen molar-refractivity contribution < 1.29 is 13.9 Å². The third kappa shape index (κ3) is 4.21. The molecule has 0 radical (unpaired) electrons. The number of benzene rings is 2. The average molecular weight is 450 g/mol. The molecule has 1 aliphatic heterocycles. The topological polar surface area (TPSA) is 46.8 Å². The third-order valence-electron chi connectivity index (χ3n) is 5.34. The van der Waals surface area contributed by atoms with Gasteiger partial charge in [-0.1, -0.05) is 0 Å². The molecule has 1 amide bonds. The molecule has 0 unspecified atom stereocenters. The largest absolute Gasteiger partial charge is 0.497 e. The van der Waals surface area contributed by atoms with Crippen molar-refractivity contribution in [2.75, 3.05) is 13.7 Å². The number of methoxy groups -OCH3 is 1. The number of hydrogen-bond donors (Lipinski definition) is 0. The number of thioether (sulfide) groups is 1. The average Bonchev–Trinajstić information content (AvgIpc) is 3.24. The Hall–Kier alpha value is -3.32. The lowest BCUT2D eigenvalue weighted by molar-refractivity contribution is -0.122. The molecule has 32 heavy (non-hydrogen) atoms. The summed E-state index contributed by atoms with van der Waals surface area (Å²) in [5.41, 5.74) is 4.74. The van der Waals surface area contributed by atoms with E-state index in [2.05, 4.69) is 15.6 Å². The summed E-state index contributed by atoms with van der Waals surface area (Å²) in [4.78, 5) is 19.8. The van der Waals surface area contributed by atoms with Crippen molar-refractivity contribution >= 4 is 34.6 Å². The number of amidine groups is 1. The molecule has 0 atom stereocenters. The zero-order valence-corrected chi connectivity index (χ0v) is 19.2. The molecule has 0 saturated carbocycles. The van der Waals surface area contributed by atoms with Gasteiger partial charge in [0.1, 0.15) is 11.6 Å². The van der Waals surface area contributed by atoms with Crippen molar-refractivity contribution in [1.29, 1.82) is 0 Å². The third-order valence-corrected chi connectivity index (χ3v) is 6.35. The zero-order valence-electron chi connectivity index (χ0n) is 18.4. The minimum absolute atomic E-state index is 0.0763. The second kappa shape index (κ2) is 9.04. The van der Waals surface area contributed by atoms with Gasteiger partial charge in [-0.2, -0.15) is 0 Å². The summed E-state index contributed by atoms with van der Waals surface area (Å²) in [6, 6.07) is 15.9. The van der Waals surface area contributed by atoms with Gasteiger partial charge in [0.15, 0.2) is 5.17 Å². The van der Waals surface area contributed by atoms with Crippen LogP contribution in [0.15, 0.2) is 64.5 Å². The highest BCUT2D eigenvalue weighted by Gasteiger charge is 2.32. The Morgan fingerprint density at radius 1 is 1.09 bits per heavy atom. The summed E-state index contributed by atoms with van der Waals surface area (Å²) in [6.07, 6.45) is 1.92. The molecule has 2 heterocycles. The molecule has 3 aromatic rings. The number of likely N-dealkylation sites (N-methyl/N-ethyl adjacent to an activating group) is 1. The Labute approximate surface area is 191 Å². The second-order valence-electron chi connectivity index (χ2n) is 7.39.